The zero-order valence-electron chi connectivity index (χ0n) is 8.47. The van der Waals surface area contributed by atoms with Gasteiger partial charge in [-0.25, -0.2) is 4.98 Å². The van der Waals surface area contributed by atoms with E-state index in [2.05, 4.69) is 4.98 Å². The molecule has 0 aliphatic carbocycles. The first-order valence-corrected chi connectivity index (χ1v) is 4.80. The first-order valence-electron chi connectivity index (χ1n) is 4.80. The number of hydrogen-bond acceptors (Lipinski definition) is 2. The van der Waals surface area contributed by atoms with Crippen LogP contribution in [0.2, 0.25) is 0 Å². The lowest BCUT2D eigenvalue weighted by molar-refractivity contribution is -0.137. The smallest absolute Gasteiger partial charge is 0.305 e. The van der Waals surface area contributed by atoms with Gasteiger partial charge in [0.05, 0.1) is 6.42 Å². The van der Waals surface area contributed by atoms with Crippen molar-refractivity contribution in [2.75, 3.05) is 0 Å². The van der Waals surface area contributed by atoms with Crippen LogP contribution in [0.1, 0.15) is 12.0 Å². The molecule has 2 aromatic heterocycles. The van der Waals surface area contributed by atoms with Crippen molar-refractivity contribution in [3.63, 3.8) is 0 Å². The topological polar surface area (TPSA) is 55.1 Å². The van der Waals surface area contributed by atoms with Crippen LogP contribution in [0.25, 0.3) is 11.0 Å². The molecule has 4 nitrogen and oxygen atoms in total. The van der Waals surface area contributed by atoms with Gasteiger partial charge >= 0.3 is 5.97 Å². The quantitative estimate of drug-likeness (QED) is 0.829. The summed E-state index contributed by atoms with van der Waals surface area (Å²) in [5.74, 6) is -0.788. The second-order valence-electron chi connectivity index (χ2n) is 3.58. The number of nitrogens with zero attached hydrogens (tertiary/aromatic N) is 2. The summed E-state index contributed by atoms with van der Waals surface area (Å²) < 4.78 is 1.86. The Bertz CT molecular complexity index is 502. The summed E-state index contributed by atoms with van der Waals surface area (Å²) in [4.78, 5) is 14.7. The summed E-state index contributed by atoms with van der Waals surface area (Å²) in [6.07, 6.45) is 3.79. The second-order valence-corrected chi connectivity index (χ2v) is 3.58. The standard InChI is InChI=1S/C11H12N2O2/c1-8-6-9-2-4-13(5-3-10(14)15)11(9)12-7-8/h2,4,6-7H,3,5H2,1H3,(H,14,15). The fourth-order valence-corrected chi connectivity index (χ4v) is 1.58. The second kappa shape index (κ2) is 3.73. The normalized spacial score (nSPS) is 10.7. The molecule has 2 aromatic rings. The van der Waals surface area contributed by atoms with E-state index in [0.29, 0.717) is 6.54 Å². The number of hydrogen-bond donors (Lipinski definition) is 1. The fourth-order valence-electron chi connectivity index (χ4n) is 1.58. The molecular formula is C11H12N2O2. The molecule has 0 aromatic carbocycles. The van der Waals surface area contributed by atoms with Crippen LogP contribution in [-0.2, 0) is 11.3 Å². The molecule has 1 N–H and O–H groups in total. The van der Waals surface area contributed by atoms with Crippen molar-refractivity contribution in [3.8, 4) is 0 Å². The number of fused-ring (bicyclic) bond motifs is 1. The number of carbonyl (C=O) groups is 1. The largest absolute Gasteiger partial charge is 0.481 e. The van der Waals surface area contributed by atoms with E-state index in [4.69, 9.17) is 5.11 Å². The molecule has 0 unspecified atom stereocenters. The number of carboxylic acid groups (broad SMARTS) is 1. The van der Waals surface area contributed by atoms with Crippen molar-refractivity contribution >= 4 is 17.0 Å². The first-order chi connectivity index (χ1) is 7.16. The minimum absolute atomic E-state index is 0.124. The van der Waals surface area contributed by atoms with Crippen LogP contribution in [0, 0.1) is 6.92 Å². The molecule has 0 aliphatic rings. The van der Waals surface area contributed by atoms with E-state index in [1.54, 1.807) is 6.20 Å². The average Bonchev–Trinajstić information content (AvgIpc) is 2.57. The molecule has 0 atom stereocenters. The van der Waals surface area contributed by atoms with Gasteiger partial charge in [0.15, 0.2) is 0 Å². The Morgan fingerprint density at radius 2 is 2.40 bits per heavy atom. The number of aryl methyl sites for hydroxylation is 2. The highest BCUT2D eigenvalue weighted by molar-refractivity contribution is 5.76. The molecule has 0 fully saturated rings. The number of rotatable bonds is 3. The minimum Gasteiger partial charge on any atom is -0.481 e. The van der Waals surface area contributed by atoms with Crippen LogP contribution in [0.5, 0.6) is 0 Å². The number of aliphatic carboxylic acids is 1. The SMILES string of the molecule is Cc1cnc2c(ccn2CCC(=O)O)c1. The molecule has 78 valence electrons. The molecule has 0 spiro atoms. The Labute approximate surface area is 87.2 Å². The van der Waals surface area contributed by atoms with Crippen molar-refractivity contribution in [2.45, 2.75) is 19.9 Å². The third kappa shape index (κ3) is 1.98. The Morgan fingerprint density at radius 1 is 1.60 bits per heavy atom. The summed E-state index contributed by atoms with van der Waals surface area (Å²) >= 11 is 0. The van der Waals surface area contributed by atoms with E-state index in [1.165, 1.54) is 0 Å². The van der Waals surface area contributed by atoms with Gasteiger partial charge in [0, 0.05) is 24.3 Å². The van der Waals surface area contributed by atoms with Gasteiger partial charge in [-0.2, -0.15) is 0 Å². The van der Waals surface area contributed by atoms with Gasteiger partial charge in [-0.3, -0.25) is 4.79 Å². The Morgan fingerprint density at radius 3 is 3.13 bits per heavy atom. The zero-order valence-corrected chi connectivity index (χ0v) is 8.47. The number of carboxylic acids is 1. The first kappa shape index (κ1) is 9.71. The molecule has 2 heterocycles. The van der Waals surface area contributed by atoms with Gasteiger partial charge in [0.1, 0.15) is 5.65 Å². The van der Waals surface area contributed by atoms with Crippen molar-refractivity contribution in [3.05, 3.63) is 30.1 Å². The van der Waals surface area contributed by atoms with E-state index >= 15 is 0 Å². The van der Waals surface area contributed by atoms with E-state index in [9.17, 15) is 4.79 Å². The maximum absolute atomic E-state index is 10.5. The molecule has 15 heavy (non-hydrogen) atoms. The van der Waals surface area contributed by atoms with Crippen molar-refractivity contribution in [1.82, 2.24) is 9.55 Å². The lowest BCUT2D eigenvalue weighted by Gasteiger charge is -2.01. The maximum atomic E-state index is 10.5. The van der Waals surface area contributed by atoms with Gasteiger partial charge in [-0.1, -0.05) is 0 Å². The Hall–Kier alpha value is -1.84. The fraction of sp³-hybridized carbons (Fsp3) is 0.273. The molecule has 0 radical (unpaired) electrons. The van der Waals surface area contributed by atoms with E-state index < -0.39 is 5.97 Å². The van der Waals surface area contributed by atoms with Crippen molar-refractivity contribution in [1.29, 1.82) is 0 Å². The molecule has 0 saturated carbocycles. The zero-order chi connectivity index (χ0) is 10.8. The number of pyridine rings is 1. The predicted octanol–water partition coefficient (Wildman–Crippen LogP) is 1.82. The van der Waals surface area contributed by atoms with Gasteiger partial charge < -0.3 is 9.67 Å². The Balaban J connectivity index is 2.32. The maximum Gasteiger partial charge on any atom is 0.305 e. The number of aromatic nitrogens is 2. The van der Waals surface area contributed by atoms with Crippen LogP contribution >= 0.6 is 0 Å². The molecule has 0 saturated heterocycles. The molecule has 0 bridgehead atoms. The van der Waals surface area contributed by atoms with Gasteiger partial charge in [0.25, 0.3) is 0 Å². The summed E-state index contributed by atoms with van der Waals surface area (Å²) in [5, 5.41) is 9.65. The molecule has 4 heteroatoms. The van der Waals surface area contributed by atoms with Crippen LogP contribution in [0.3, 0.4) is 0 Å². The molecule has 0 aliphatic heterocycles. The summed E-state index contributed by atoms with van der Waals surface area (Å²) in [5.41, 5.74) is 1.96. The highest BCUT2D eigenvalue weighted by Crippen LogP contribution is 2.14. The molecule has 0 amide bonds. The summed E-state index contributed by atoms with van der Waals surface area (Å²) in [6.45, 7) is 2.45. The molecule has 2 rings (SSSR count). The van der Waals surface area contributed by atoms with Crippen LogP contribution in [0.4, 0.5) is 0 Å². The van der Waals surface area contributed by atoms with Gasteiger partial charge in [0.2, 0.25) is 0 Å². The lowest BCUT2D eigenvalue weighted by Crippen LogP contribution is -2.03. The lowest BCUT2D eigenvalue weighted by atomic mass is 10.2. The van der Waals surface area contributed by atoms with Crippen molar-refractivity contribution in [2.24, 2.45) is 0 Å². The van der Waals surface area contributed by atoms with Gasteiger partial charge in [-0.15, -0.1) is 0 Å². The van der Waals surface area contributed by atoms with Crippen LogP contribution in [-0.4, -0.2) is 20.6 Å². The van der Waals surface area contributed by atoms with Crippen LogP contribution in [0.15, 0.2) is 24.5 Å². The highest BCUT2D eigenvalue weighted by atomic mass is 16.4. The van der Waals surface area contributed by atoms with Crippen molar-refractivity contribution < 1.29 is 9.90 Å². The highest BCUT2D eigenvalue weighted by Gasteiger charge is 2.04. The third-order valence-corrected chi connectivity index (χ3v) is 2.30. The molecular weight excluding hydrogens is 192 g/mol. The average molecular weight is 204 g/mol. The van der Waals surface area contributed by atoms with Gasteiger partial charge in [-0.05, 0) is 24.6 Å². The Kier molecular flexibility index (Phi) is 2.41. The van der Waals surface area contributed by atoms with Crippen LogP contribution < -0.4 is 0 Å². The van der Waals surface area contributed by atoms with E-state index in [0.717, 1.165) is 16.6 Å². The van der Waals surface area contributed by atoms with E-state index in [1.807, 2.05) is 29.8 Å². The summed E-state index contributed by atoms with van der Waals surface area (Å²) in [7, 11) is 0. The predicted molar refractivity (Wildman–Crippen MR) is 56.7 cm³/mol. The monoisotopic (exact) mass is 204 g/mol. The van der Waals surface area contributed by atoms with E-state index in [-0.39, 0.29) is 6.42 Å². The summed E-state index contributed by atoms with van der Waals surface area (Å²) in [6, 6.07) is 4.00. The third-order valence-electron chi connectivity index (χ3n) is 2.30. The minimum atomic E-state index is -0.788.